The molecule has 0 fully saturated rings. The molecule has 3 nitrogen and oxygen atoms in total. The van der Waals surface area contributed by atoms with Crippen LogP contribution in [-0.2, 0) is 4.79 Å². The predicted molar refractivity (Wildman–Crippen MR) is 74.2 cm³/mol. The zero-order valence-electron chi connectivity index (χ0n) is 10.8. The first kappa shape index (κ1) is 13.6. The van der Waals surface area contributed by atoms with Gasteiger partial charge in [-0.3, -0.25) is 0 Å². The number of thiocarbonyl (C=S) groups is 1. The first-order chi connectivity index (χ1) is 7.82. The van der Waals surface area contributed by atoms with Crippen LogP contribution >= 0.6 is 12.2 Å². The first-order valence-electron chi connectivity index (χ1n) is 5.34. The molecule has 4 heteroatoms. The van der Waals surface area contributed by atoms with Crippen LogP contribution in [0.3, 0.4) is 0 Å². The highest BCUT2D eigenvalue weighted by molar-refractivity contribution is 7.82. The number of carbonyl (C=O) groups is 1. The van der Waals surface area contributed by atoms with Crippen LogP contribution in [0, 0.1) is 13.8 Å². The lowest BCUT2D eigenvalue weighted by atomic mass is 10.1. The molecule has 0 aromatic heterocycles. The fraction of sp³-hybridized carbons (Fsp3) is 0.385. The summed E-state index contributed by atoms with van der Waals surface area (Å²) in [5, 5.41) is 0. The Balaban J connectivity index is 3.14. The van der Waals surface area contributed by atoms with Gasteiger partial charge in [-0.05, 0) is 38.0 Å². The number of nitrogens with zero attached hydrogens (tertiary/aromatic N) is 1. The van der Waals surface area contributed by atoms with Gasteiger partial charge < -0.3 is 9.64 Å². The maximum absolute atomic E-state index is 11.5. The molecule has 0 saturated carbocycles. The summed E-state index contributed by atoms with van der Waals surface area (Å²) >= 11 is 4.79. The van der Waals surface area contributed by atoms with E-state index in [0.717, 1.165) is 16.8 Å². The van der Waals surface area contributed by atoms with Gasteiger partial charge in [0.2, 0.25) is 0 Å². The molecule has 0 amide bonds. The molecule has 0 bridgehead atoms. The van der Waals surface area contributed by atoms with Gasteiger partial charge >= 0.3 is 5.97 Å². The minimum atomic E-state index is -0.460. The van der Waals surface area contributed by atoms with E-state index in [4.69, 9.17) is 17.0 Å². The lowest BCUT2D eigenvalue weighted by molar-refractivity contribution is -0.126. The van der Waals surface area contributed by atoms with E-state index in [-0.39, 0.29) is 4.86 Å². The topological polar surface area (TPSA) is 29.5 Å². The molecule has 0 unspecified atom stereocenters. The van der Waals surface area contributed by atoms with Crippen molar-refractivity contribution in [2.24, 2.45) is 0 Å². The SMILES string of the molecule is CC(=S)C(=O)Oc1cc(N(C)C)cc(C)c1C. The minimum absolute atomic E-state index is 0.234. The molecule has 0 saturated heterocycles. The van der Waals surface area contributed by atoms with Crippen molar-refractivity contribution in [2.75, 3.05) is 19.0 Å². The molecule has 1 rings (SSSR count). The number of rotatable bonds is 3. The van der Waals surface area contributed by atoms with Crippen LogP contribution < -0.4 is 9.64 Å². The van der Waals surface area contributed by atoms with Crippen molar-refractivity contribution in [1.29, 1.82) is 0 Å². The molecule has 0 heterocycles. The van der Waals surface area contributed by atoms with Crippen molar-refractivity contribution < 1.29 is 9.53 Å². The lowest BCUT2D eigenvalue weighted by Crippen LogP contribution is -2.17. The normalized spacial score (nSPS) is 9.94. The second-order valence-corrected chi connectivity index (χ2v) is 4.84. The first-order valence-corrected chi connectivity index (χ1v) is 5.75. The fourth-order valence-electron chi connectivity index (χ4n) is 1.34. The molecule has 17 heavy (non-hydrogen) atoms. The molecule has 0 spiro atoms. The molecule has 1 aromatic rings. The largest absolute Gasteiger partial charge is 0.422 e. The zero-order valence-corrected chi connectivity index (χ0v) is 11.6. The molecule has 0 N–H and O–H groups in total. The Morgan fingerprint density at radius 1 is 1.29 bits per heavy atom. The molecule has 0 radical (unpaired) electrons. The minimum Gasteiger partial charge on any atom is -0.422 e. The molecular weight excluding hydrogens is 234 g/mol. The number of benzene rings is 1. The van der Waals surface area contributed by atoms with Crippen LogP contribution in [-0.4, -0.2) is 24.9 Å². The summed E-state index contributed by atoms with van der Waals surface area (Å²) in [6.45, 7) is 5.48. The number of carbonyl (C=O) groups excluding carboxylic acids is 1. The standard InChI is InChI=1S/C13H17NO2S/c1-8-6-11(14(4)5)7-12(9(8)2)16-13(15)10(3)17/h6-7H,1-5H3. The van der Waals surface area contributed by atoms with Gasteiger partial charge in [0.15, 0.2) is 0 Å². The maximum atomic E-state index is 11.5. The highest BCUT2D eigenvalue weighted by atomic mass is 32.1. The number of hydrogen-bond acceptors (Lipinski definition) is 4. The fourth-order valence-corrected chi connectivity index (χ4v) is 1.39. The molecule has 0 aliphatic heterocycles. The third-order valence-corrected chi connectivity index (χ3v) is 2.78. The van der Waals surface area contributed by atoms with E-state index in [1.165, 1.54) is 0 Å². The Bertz CT molecular complexity index is 467. The number of ether oxygens (including phenoxy) is 1. The van der Waals surface area contributed by atoms with E-state index in [1.54, 1.807) is 6.92 Å². The third-order valence-electron chi connectivity index (χ3n) is 2.61. The number of aryl methyl sites for hydroxylation is 1. The summed E-state index contributed by atoms with van der Waals surface area (Å²) in [7, 11) is 3.89. The number of anilines is 1. The quantitative estimate of drug-likeness (QED) is 0.469. The second kappa shape index (κ2) is 5.27. The Kier molecular flexibility index (Phi) is 4.23. The van der Waals surface area contributed by atoms with Crippen LogP contribution in [0.15, 0.2) is 12.1 Å². The summed E-state index contributed by atoms with van der Waals surface area (Å²) < 4.78 is 5.27. The van der Waals surface area contributed by atoms with Gasteiger partial charge in [0.1, 0.15) is 5.75 Å². The van der Waals surface area contributed by atoms with Crippen LogP contribution in [0.4, 0.5) is 5.69 Å². The van der Waals surface area contributed by atoms with E-state index >= 15 is 0 Å². The summed E-state index contributed by atoms with van der Waals surface area (Å²) in [5.74, 6) is 0.112. The average Bonchev–Trinajstić information content (AvgIpc) is 2.23. The van der Waals surface area contributed by atoms with E-state index in [2.05, 4.69) is 6.07 Å². The van der Waals surface area contributed by atoms with Crippen LogP contribution in [0.5, 0.6) is 5.75 Å². The van der Waals surface area contributed by atoms with Gasteiger partial charge in [-0.15, -0.1) is 0 Å². The van der Waals surface area contributed by atoms with Gasteiger partial charge in [0.05, 0.1) is 4.86 Å². The zero-order chi connectivity index (χ0) is 13.2. The Morgan fingerprint density at radius 2 is 1.88 bits per heavy atom. The monoisotopic (exact) mass is 251 g/mol. The Labute approximate surface area is 107 Å². The van der Waals surface area contributed by atoms with Crippen LogP contribution in [0.25, 0.3) is 0 Å². The van der Waals surface area contributed by atoms with Gasteiger partial charge in [-0.2, -0.15) is 0 Å². The number of hydrogen-bond donors (Lipinski definition) is 0. The van der Waals surface area contributed by atoms with E-state index in [0.29, 0.717) is 5.75 Å². The smallest absolute Gasteiger partial charge is 0.350 e. The molecule has 0 aliphatic rings. The molecule has 0 aliphatic carbocycles. The second-order valence-electron chi connectivity index (χ2n) is 4.23. The molecular formula is C13H17NO2S. The average molecular weight is 251 g/mol. The van der Waals surface area contributed by atoms with Crippen molar-refractivity contribution >= 4 is 28.7 Å². The van der Waals surface area contributed by atoms with Crippen LogP contribution in [0.2, 0.25) is 0 Å². The van der Waals surface area contributed by atoms with Crippen molar-refractivity contribution in [1.82, 2.24) is 0 Å². The summed E-state index contributed by atoms with van der Waals surface area (Å²) in [4.78, 5) is 13.7. The highest BCUT2D eigenvalue weighted by Gasteiger charge is 2.12. The van der Waals surface area contributed by atoms with Crippen LogP contribution in [0.1, 0.15) is 18.1 Å². The Hall–Kier alpha value is -1.42. The van der Waals surface area contributed by atoms with Gasteiger partial charge in [0.25, 0.3) is 0 Å². The van der Waals surface area contributed by atoms with Crippen molar-refractivity contribution in [3.05, 3.63) is 23.3 Å². The summed E-state index contributed by atoms with van der Waals surface area (Å²) in [6, 6.07) is 3.90. The van der Waals surface area contributed by atoms with E-state index in [9.17, 15) is 4.79 Å². The van der Waals surface area contributed by atoms with Gasteiger partial charge in [0, 0.05) is 25.8 Å². The summed E-state index contributed by atoms with van der Waals surface area (Å²) in [6.07, 6.45) is 0. The third kappa shape index (κ3) is 3.27. The van der Waals surface area contributed by atoms with Crippen molar-refractivity contribution in [3.63, 3.8) is 0 Å². The predicted octanol–water partition coefficient (Wildman–Crippen LogP) is 2.66. The Morgan fingerprint density at radius 3 is 2.35 bits per heavy atom. The van der Waals surface area contributed by atoms with Crippen molar-refractivity contribution in [3.8, 4) is 5.75 Å². The molecule has 1 aromatic carbocycles. The lowest BCUT2D eigenvalue weighted by Gasteiger charge is -2.17. The highest BCUT2D eigenvalue weighted by Crippen LogP contribution is 2.27. The molecule has 0 atom stereocenters. The number of esters is 1. The maximum Gasteiger partial charge on any atom is 0.350 e. The van der Waals surface area contributed by atoms with E-state index in [1.807, 2.05) is 38.9 Å². The van der Waals surface area contributed by atoms with E-state index < -0.39 is 5.97 Å². The molecule has 92 valence electrons. The van der Waals surface area contributed by atoms with Gasteiger partial charge in [-0.1, -0.05) is 12.2 Å². The summed E-state index contributed by atoms with van der Waals surface area (Å²) in [5.41, 5.74) is 3.04. The van der Waals surface area contributed by atoms with Gasteiger partial charge in [-0.25, -0.2) is 4.79 Å². The van der Waals surface area contributed by atoms with Crippen molar-refractivity contribution in [2.45, 2.75) is 20.8 Å².